The standard InChI is InChI=1S/C8H10Cl2/c1-7(9)3-5-8(2,10)6-4-7/h3-6H,1-2H3. The Labute approximate surface area is 71.5 Å². The third-order valence-corrected chi connectivity index (χ3v) is 1.97. The molecule has 0 aromatic carbocycles. The quantitative estimate of drug-likeness (QED) is 0.394. The molecule has 0 bridgehead atoms. The van der Waals surface area contributed by atoms with Gasteiger partial charge in [-0.3, -0.25) is 0 Å². The van der Waals surface area contributed by atoms with E-state index in [4.69, 9.17) is 23.2 Å². The van der Waals surface area contributed by atoms with Crippen LogP contribution < -0.4 is 0 Å². The van der Waals surface area contributed by atoms with Crippen LogP contribution in [0.4, 0.5) is 0 Å². The fourth-order valence-corrected chi connectivity index (χ4v) is 1.01. The maximum atomic E-state index is 5.97. The molecular weight excluding hydrogens is 167 g/mol. The van der Waals surface area contributed by atoms with Crippen LogP contribution in [0.3, 0.4) is 0 Å². The maximum Gasteiger partial charge on any atom is 0.0779 e. The highest BCUT2D eigenvalue weighted by molar-refractivity contribution is 6.29. The third-order valence-electron chi connectivity index (χ3n) is 1.47. The van der Waals surface area contributed by atoms with E-state index >= 15 is 0 Å². The minimum Gasteiger partial charge on any atom is -0.110 e. The van der Waals surface area contributed by atoms with Gasteiger partial charge in [0.1, 0.15) is 0 Å². The van der Waals surface area contributed by atoms with Gasteiger partial charge in [0, 0.05) is 0 Å². The first-order chi connectivity index (χ1) is 4.41. The van der Waals surface area contributed by atoms with Crippen LogP contribution in [0.1, 0.15) is 13.8 Å². The first kappa shape index (κ1) is 8.16. The zero-order valence-corrected chi connectivity index (χ0v) is 7.58. The molecule has 0 nitrogen and oxygen atoms in total. The summed E-state index contributed by atoms with van der Waals surface area (Å²) >= 11 is 11.9. The predicted molar refractivity (Wildman–Crippen MR) is 46.8 cm³/mol. The number of halogens is 2. The normalized spacial score (nSPS) is 46.0. The van der Waals surface area contributed by atoms with Gasteiger partial charge in [-0.05, 0) is 13.8 Å². The van der Waals surface area contributed by atoms with Crippen LogP contribution in [0.25, 0.3) is 0 Å². The van der Waals surface area contributed by atoms with Gasteiger partial charge in [-0.2, -0.15) is 0 Å². The van der Waals surface area contributed by atoms with Gasteiger partial charge < -0.3 is 0 Å². The molecule has 0 amide bonds. The van der Waals surface area contributed by atoms with Gasteiger partial charge in [0.25, 0.3) is 0 Å². The van der Waals surface area contributed by atoms with E-state index in [2.05, 4.69) is 0 Å². The van der Waals surface area contributed by atoms with Crippen molar-refractivity contribution in [2.24, 2.45) is 0 Å². The van der Waals surface area contributed by atoms with Gasteiger partial charge in [0.15, 0.2) is 0 Å². The van der Waals surface area contributed by atoms with Gasteiger partial charge in [0.2, 0.25) is 0 Å². The molecule has 0 aliphatic heterocycles. The third kappa shape index (κ3) is 2.03. The molecular formula is C8H10Cl2. The van der Waals surface area contributed by atoms with Crippen LogP contribution in [0.2, 0.25) is 0 Å². The summed E-state index contributed by atoms with van der Waals surface area (Å²) in [6.07, 6.45) is 7.62. The molecule has 0 aromatic heterocycles. The molecule has 0 spiro atoms. The highest BCUT2D eigenvalue weighted by Crippen LogP contribution is 2.29. The molecule has 0 aromatic rings. The summed E-state index contributed by atoms with van der Waals surface area (Å²) in [5.74, 6) is 0. The van der Waals surface area contributed by atoms with E-state index in [0.29, 0.717) is 0 Å². The van der Waals surface area contributed by atoms with E-state index in [1.165, 1.54) is 0 Å². The van der Waals surface area contributed by atoms with Crippen LogP contribution in [-0.4, -0.2) is 9.75 Å². The Morgan fingerprint density at radius 1 is 0.800 bits per heavy atom. The molecule has 56 valence electrons. The zero-order chi connectivity index (χ0) is 7.83. The SMILES string of the molecule is CC1(Cl)C=CC(C)(Cl)C=C1. The molecule has 0 unspecified atom stereocenters. The molecule has 0 radical (unpaired) electrons. The van der Waals surface area contributed by atoms with Crippen LogP contribution in [-0.2, 0) is 0 Å². The molecule has 0 heterocycles. The summed E-state index contributed by atoms with van der Waals surface area (Å²) in [5.41, 5.74) is 0. The smallest absolute Gasteiger partial charge is 0.0779 e. The Kier molecular flexibility index (Phi) is 1.86. The molecule has 10 heavy (non-hydrogen) atoms. The molecule has 1 aliphatic rings. The van der Waals surface area contributed by atoms with Crippen LogP contribution in [0.5, 0.6) is 0 Å². The van der Waals surface area contributed by atoms with Gasteiger partial charge in [0.05, 0.1) is 9.75 Å². The van der Waals surface area contributed by atoms with Crippen molar-refractivity contribution in [3.05, 3.63) is 24.3 Å². The summed E-state index contributed by atoms with van der Waals surface area (Å²) in [6, 6.07) is 0. The van der Waals surface area contributed by atoms with Crippen molar-refractivity contribution in [1.82, 2.24) is 0 Å². The number of hydrogen-bond donors (Lipinski definition) is 0. The molecule has 1 rings (SSSR count). The Bertz CT molecular complexity index is 149. The number of hydrogen-bond acceptors (Lipinski definition) is 0. The second-order valence-corrected chi connectivity index (χ2v) is 4.60. The van der Waals surface area contributed by atoms with Crippen LogP contribution in [0, 0.1) is 0 Å². The second kappa shape index (κ2) is 2.28. The Balaban J connectivity index is 2.81. The maximum absolute atomic E-state index is 5.97. The molecule has 0 saturated carbocycles. The van der Waals surface area contributed by atoms with Crippen LogP contribution >= 0.6 is 23.2 Å². The summed E-state index contributed by atoms with van der Waals surface area (Å²) in [4.78, 5) is -0.678. The predicted octanol–water partition coefficient (Wildman–Crippen LogP) is 3.11. The Morgan fingerprint density at radius 2 is 1.00 bits per heavy atom. The van der Waals surface area contributed by atoms with Gasteiger partial charge in [-0.15, -0.1) is 23.2 Å². The van der Waals surface area contributed by atoms with Gasteiger partial charge in [-0.1, -0.05) is 24.3 Å². The van der Waals surface area contributed by atoms with E-state index in [1.54, 1.807) is 0 Å². The largest absolute Gasteiger partial charge is 0.110 e. The number of allylic oxidation sites excluding steroid dienone is 4. The van der Waals surface area contributed by atoms with Crippen molar-refractivity contribution in [3.63, 3.8) is 0 Å². The minimum atomic E-state index is -0.339. The summed E-state index contributed by atoms with van der Waals surface area (Å²) in [5, 5.41) is 0. The number of alkyl halides is 2. The summed E-state index contributed by atoms with van der Waals surface area (Å²) in [6.45, 7) is 3.85. The molecule has 2 heteroatoms. The van der Waals surface area contributed by atoms with E-state index in [9.17, 15) is 0 Å². The topological polar surface area (TPSA) is 0 Å². The van der Waals surface area contributed by atoms with Crippen molar-refractivity contribution in [2.45, 2.75) is 23.6 Å². The summed E-state index contributed by atoms with van der Waals surface area (Å²) < 4.78 is 0. The lowest BCUT2D eigenvalue weighted by Gasteiger charge is -2.22. The summed E-state index contributed by atoms with van der Waals surface area (Å²) in [7, 11) is 0. The van der Waals surface area contributed by atoms with E-state index in [1.807, 2.05) is 38.2 Å². The molecule has 0 fully saturated rings. The lowest BCUT2D eigenvalue weighted by Crippen LogP contribution is -2.19. The van der Waals surface area contributed by atoms with E-state index in [-0.39, 0.29) is 9.75 Å². The lowest BCUT2D eigenvalue weighted by atomic mass is 9.98. The van der Waals surface area contributed by atoms with E-state index < -0.39 is 0 Å². The highest BCUT2D eigenvalue weighted by Gasteiger charge is 2.23. The van der Waals surface area contributed by atoms with Crippen molar-refractivity contribution in [2.75, 3.05) is 0 Å². The van der Waals surface area contributed by atoms with Crippen molar-refractivity contribution in [1.29, 1.82) is 0 Å². The first-order valence-corrected chi connectivity index (χ1v) is 3.96. The molecule has 0 saturated heterocycles. The minimum absolute atomic E-state index is 0.339. The van der Waals surface area contributed by atoms with Crippen LogP contribution in [0.15, 0.2) is 24.3 Å². The number of rotatable bonds is 0. The van der Waals surface area contributed by atoms with Crippen molar-refractivity contribution in [3.8, 4) is 0 Å². The molecule has 0 N–H and O–H groups in total. The van der Waals surface area contributed by atoms with E-state index in [0.717, 1.165) is 0 Å². The average molecular weight is 177 g/mol. The fourth-order valence-electron chi connectivity index (χ4n) is 0.763. The lowest BCUT2D eigenvalue weighted by molar-refractivity contribution is 0.879. The molecule has 1 aliphatic carbocycles. The fraction of sp³-hybridized carbons (Fsp3) is 0.500. The Morgan fingerprint density at radius 3 is 1.20 bits per heavy atom. The van der Waals surface area contributed by atoms with Crippen molar-refractivity contribution < 1.29 is 0 Å². The molecule has 0 atom stereocenters. The second-order valence-electron chi connectivity index (χ2n) is 2.97. The average Bonchev–Trinajstić information content (AvgIpc) is 1.79. The van der Waals surface area contributed by atoms with Gasteiger partial charge >= 0.3 is 0 Å². The highest BCUT2D eigenvalue weighted by atomic mass is 35.5. The first-order valence-electron chi connectivity index (χ1n) is 3.20. The van der Waals surface area contributed by atoms with Gasteiger partial charge in [-0.25, -0.2) is 0 Å². The zero-order valence-electron chi connectivity index (χ0n) is 6.07. The Hall–Kier alpha value is 0.0600. The van der Waals surface area contributed by atoms with Crippen molar-refractivity contribution >= 4 is 23.2 Å². The monoisotopic (exact) mass is 176 g/mol.